The van der Waals surface area contributed by atoms with Crippen LogP contribution in [0.3, 0.4) is 0 Å². The van der Waals surface area contributed by atoms with E-state index >= 15 is 0 Å². The summed E-state index contributed by atoms with van der Waals surface area (Å²) in [6.07, 6.45) is -1.36. The summed E-state index contributed by atoms with van der Waals surface area (Å²) in [7, 11) is -2.04. The average Bonchev–Trinajstić information content (AvgIpc) is 2.58. The third-order valence-electron chi connectivity index (χ3n) is 2.64. The van der Waals surface area contributed by atoms with E-state index in [9.17, 15) is 4.57 Å². The first kappa shape index (κ1) is 10.1. The zero-order chi connectivity index (χ0) is 10.6. The second kappa shape index (κ2) is 3.20. The molecule has 6 nitrogen and oxygen atoms in total. The van der Waals surface area contributed by atoms with E-state index < -0.39 is 20.3 Å². The van der Waals surface area contributed by atoms with Crippen LogP contribution in [0.15, 0.2) is 0 Å². The van der Waals surface area contributed by atoms with Crippen LogP contribution >= 0.6 is 8.25 Å². The quantitative estimate of drug-likeness (QED) is 0.582. The molecule has 3 fully saturated rings. The third kappa shape index (κ3) is 1.62. The second-order valence-corrected chi connectivity index (χ2v) is 5.15. The monoisotopic (exact) mass is 235 g/mol. The molecule has 1 unspecified atom stereocenters. The topological polar surface area (TPSA) is 63.2 Å². The minimum Gasteiger partial charge on any atom is -0.341 e. The molecule has 3 heterocycles. The molecule has 3 rings (SSSR count). The highest BCUT2D eigenvalue weighted by molar-refractivity contribution is 7.33. The highest BCUT2D eigenvalue weighted by Crippen LogP contribution is 2.45. The lowest BCUT2D eigenvalue weighted by molar-refractivity contribution is -0.219. The Morgan fingerprint density at radius 2 is 2.07 bits per heavy atom. The molecular weight excluding hydrogens is 223 g/mol. The van der Waals surface area contributed by atoms with Crippen LogP contribution < -0.4 is 0 Å². The lowest BCUT2D eigenvalue weighted by Crippen LogP contribution is -2.39. The van der Waals surface area contributed by atoms with Crippen molar-refractivity contribution in [3.05, 3.63) is 0 Å². The van der Waals surface area contributed by atoms with Gasteiger partial charge in [0.15, 0.2) is 18.2 Å². The van der Waals surface area contributed by atoms with E-state index in [0.29, 0.717) is 0 Å². The van der Waals surface area contributed by atoms with Gasteiger partial charge in [-0.15, -0.1) is 9.05 Å². The first-order chi connectivity index (χ1) is 7.05. The van der Waals surface area contributed by atoms with Gasteiger partial charge in [-0.05, 0) is 13.8 Å². The van der Waals surface area contributed by atoms with Gasteiger partial charge in [-0.25, -0.2) is 0 Å². The number of rotatable bonds is 0. The Hall–Kier alpha value is -0.100. The smallest absolute Gasteiger partial charge is 0.341 e. The molecule has 0 amide bonds. The van der Waals surface area contributed by atoms with E-state index in [2.05, 4.69) is 0 Å². The first-order valence-electron chi connectivity index (χ1n) is 4.83. The predicted molar refractivity (Wildman–Crippen MR) is 47.1 cm³/mol. The second-order valence-electron chi connectivity index (χ2n) is 4.23. The molecule has 15 heavy (non-hydrogen) atoms. The van der Waals surface area contributed by atoms with Crippen LogP contribution in [0.5, 0.6) is 0 Å². The summed E-state index contributed by atoms with van der Waals surface area (Å²) < 4.78 is 37.8. The van der Waals surface area contributed by atoms with Crippen LogP contribution in [-0.2, 0) is 27.8 Å². The minimum absolute atomic E-state index is 0.246. The summed E-state index contributed by atoms with van der Waals surface area (Å²) in [5, 5.41) is 0. The van der Waals surface area contributed by atoms with Crippen LogP contribution in [0.2, 0.25) is 0 Å². The van der Waals surface area contributed by atoms with Crippen molar-refractivity contribution >= 4 is 8.25 Å². The number of fused-ring (bicyclic) bond motifs is 3. The standard InChI is InChI=1S/C8H12O6P/c1-8(2)12-6-5-4(11-7(6)13-8)3-10-15(9)14-5/h4-7H,3H2,1-2H3/q+1/t4-,5+,6-,7-/m1/s1. The molecule has 0 saturated carbocycles. The molecule has 5 atom stereocenters. The van der Waals surface area contributed by atoms with Gasteiger partial charge in [-0.2, -0.15) is 0 Å². The fraction of sp³-hybridized carbons (Fsp3) is 1.00. The Labute approximate surface area is 87.7 Å². The molecular formula is C8H12O6P+. The van der Waals surface area contributed by atoms with Crippen LogP contribution in [0.4, 0.5) is 0 Å². The molecule has 0 aromatic heterocycles. The number of hydrogen-bond donors (Lipinski definition) is 0. The van der Waals surface area contributed by atoms with Crippen LogP contribution in [-0.4, -0.2) is 37.0 Å². The molecule has 0 bridgehead atoms. The third-order valence-corrected chi connectivity index (χ3v) is 3.41. The predicted octanol–water partition coefficient (Wildman–Crippen LogP) is 0.936. The summed E-state index contributed by atoms with van der Waals surface area (Å²) >= 11 is 0. The van der Waals surface area contributed by atoms with Crippen molar-refractivity contribution in [1.29, 1.82) is 0 Å². The van der Waals surface area contributed by atoms with Crippen molar-refractivity contribution in [3.63, 3.8) is 0 Å². The van der Waals surface area contributed by atoms with Crippen molar-refractivity contribution < 1.29 is 27.8 Å². The van der Waals surface area contributed by atoms with Crippen LogP contribution in [0.25, 0.3) is 0 Å². The van der Waals surface area contributed by atoms with Crippen LogP contribution in [0.1, 0.15) is 13.8 Å². The van der Waals surface area contributed by atoms with E-state index in [-0.39, 0.29) is 24.9 Å². The van der Waals surface area contributed by atoms with E-state index in [1.807, 2.05) is 13.8 Å². The zero-order valence-electron chi connectivity index (χ0n) is 8.41. The summed E-state index contributed by atoms with van der Waals surface area (Å²) in [4.78, 5) is 0. The van der Waals surface area contributed by atoms with Gasteiger partial charge in [0.25, 0.3) is 0 Å². The van der Waals surface area contributed by atoms with E-state index in [1.165, 1.54) is 0 Å². The Balaban J connectivity index is 1.79. The van der Waals surface area contributed by atoms with Gasteiger partial charge >= 0.3 is 8.25 Å². The maximum atomic E-state index is 11.1. The van der Waals surface area contributed by atoms with E-state index in [0.717, 1.165) is 0 Å². The highest BCUT2D eigenvalue weighted by atomic mass is 31.1. The molecule has 84 valence electrons. The summed E-state index contributed by atoms with van der Waals surface area (Å²) in [5.41, 5.74) is 0. The van der Waals surface area contributed by atoms with E-state index in [1.54, 1.807) is 0 Å². The Morgan fingerprint density at radius 1 is 1.27 bits per heavy atom. The molecule has 0 aromatic rings. The lowest BCUT2D eigenvalue weighted by atomic mass is 10.1. The van der Waals surface area contributed by atoms with Crippen LogP contribution in [0, 0.1) is 0 Å². The van der Waals surface area contributed by atoms with Gasteiger partial charge in [-0.1, -0.05) is 0 Å². The van der Waals surface area contributed by atoms with Crippen molar-refractivity contribution in [2.45, 2.75) is 44.2 Å². The van der Waals surface area contributed by atoms with Gasteiger partial charge in [0.05, 0.1) is 0 Å². The SMILES string of the molecule is CC1(C)O[C@H]2O[C@@H]3CO[P+](=O)O[C@@H]3[C@H]2O1. The van der Waals surface area contributed by atoms with E-state index in [4.69, 9.17) is 23.3 Å². The van der Waals surface area contributed by atoms with Gasteiger partial charge < -0.3 is 14.2 Å². The normalized spacial score (nSPS) is 50.1. The molecule has 0 aliphatic carbocycles. The van der Waals surface area contributed by atoms with Gasteiger partial charge in [0.1, 0.15) is 18.8 Å². The fourth-order valence-corrected chi connectivity index (χ4v) is 2.86. The summed E-state index contributed by atoms with van der Waals surface area (Å²) in [5.74, 6) is -0.673. The molecule has 0 radical (unpaired) electrons. The summed E-state index contributed by atoms with van der Waals surface area (Å²) in [6.45, 7) is 3.88. The van der Waals surface area contributed by atoms with Gasteiger partial charge in [0, 0.05) is 4.57 Å². The molecule has 3 saturated heterocycles. The molecule has 3 aliphatic rings. The van der Waals surface area contributed by atoms with Crippen molar-refractivity contribution in [3.8, 4) is 0 Å². The molecule has 0 aromatic carbocycles. The summed E-state index contributed by atoms with van der Waals surface area (Å²) in [6, 6.07) is 0. The maximum Gasteiger partial charge on any atom is 0.697 e. The highest BCUT2D eigenvalue weighted by Gasteiger charge is 2.61. The lowest BCUT2D eigenvalue weighted by Gasteiger charge is -2.23. The maximum absolute atomic E-state index is 11.1. The molecule has 0 spiro atoms. The molecule has 0 N–H and O–H groups in total. The molecule has 3 aliphatic heterocycles. The number of ether oxygens (including phenoxy) is 3. The minimum atomic E-state index is -2.04. The molecule has 7 heteroatoms. The largest absolute Gasteiger partial charge is 0.697 e. The average molecular weight is 235 g/mol. The van der Waals surface area contributed by atoms with Crippen molar-refractivity contribution in [1.82, 2.24) is 0 Å². The Morgan fingerprint density at radius 3 is 2.87 bits per heavy atom. The van der Waals surface area contributed by atoms with Gasteiger partial charge in [-0.3, -0.25) is 0 Å². The number of hydrogen-bond acceptors (Lipinski definition) is 6. The fourth-order valence-electron chi connectivity index (χ4n) is 2.07. The van der Waals surface area contributed by atoms with Crippen molar-refractivity contribution in [2.24, 2.45) is 0 Å². The first-order valence-corrected chi connectivity index (χ1v) is 5.93. The Bertz CT molecular complexity index is 306. The van der Waals surface area contributed by atoms with Gasteiger partial charge in [0.2, 0.25) is 0 Å². The zero-order valence-corrected chi connectivity index (χ0v) is 9.31. The van der Waals surface area contributed by atoms with Crippen molar-refractivity contribution in [2.75, 3.05) is 6.61 Å². The Kier molecular flexibility index (Phi) is 2.15.